The molecule has 0 saturated heterocycles. The van der Waals surface area contributed by atoms with E-state index in [4.69, 9.17) is 9.47 Å². The lowest BCUT2D eigenvalue weighted by molar-refractivity contribution is -0.117. The van der Waals surface area contributed by atoms with Crippen molar-refractivity contribution in [2.24, 2.45) is 12.0 Å². The van der Waals surface area contributed by atoms with Crippen LogP contribution in [0.1, 0.15) is 13.3 Å². The Hall–Kier alpha value is -1.82. The number of aromatic nitrogens is 1. The monoisotopic (exact) mass is 278 g/mol. The van der Waals surface area contributed by atoms with Crippen molar-refractivity contribution < 1.29 is 14.3 Å². The lowest BCUT2D eigenvalue weighted by Gasteiger charge is -2.18. The van der Waals surface area contributed by atoms with E-state index in [1.54, 1.807) is 6.92 Å². The SMILES string of the molecule is CCC(=O)N=c1sc2cc3c(cc2n1C)OCCO3. The fraction of sp³-hybridized carbons (Fsp3) is 0.385. The number of fused-ring (bicyclic) bond motifs is 2. The van der Waals surface area contributed by atoms with Gasteiger partial charge in [-0.25, -0.2) is 0 Å². The highest BCUT2D eigenvalue weighted by molar-refractivity contribution is 7.16. The van der Waals surface area contributed by atoms with Crippen LogP contribution in [0.25, 0.3) is 10.2 Å². The van der Waals surface area contributed by atoms with Gasteiger partial charge in [-0.05, 0) is 0 Å². The minimum Gasteiger partial charge on any atom is -0.486 e. The maximum absolute atomic E-state index is 11.4. The first-order chi connectivity index (χ1) is 9.19. The van der Waals surface area contributed by atoms with Gasteiger partial charge in [-0.2, -0.15) is 4.99 Å². The first kappa shape index (κ1) is 12.2. The molecule has 5 nitrogen and oxygen atoms in total. The second kappa shape index (κ2) is 4.70. The number of thiazole rings is 1. The lowest BCUT2D eigenvalue weighted by atomic mass is 10.3. The first-order valence-corrected chi connectivity index (χ1v) is 6.97. The molecule has 1 aromatic carbocycles. The van der Waals surface area contributed by atoms with E-state index >= 15 is 0 Å². The number of nitrogens with zero attached hydrogens (tertiary/aromatic N) is 2. The summed E-state index contributed by atoms with van der Waals surface area (Å²) in [6.07, 6.45) is 0.414. The highest BCUT2D eigenvalue weighted by atomic mass is 32.1. The van der Waals surface area contributed by atoms with Crippen molar-refractivity contribution in [3.63, 3.8) is 0 Å². The highest BCUT2D eigenvalue weighted by Gasteiger charge is 2.15. The molecule has 0 bridgehead atoms. The van der Waals surface area contributed by atoms with Crippen LogP contribution in [0.2, 0.25) is 0 Å². The number of carbonyl (C=O) groups is 1. The van der Waals surface area contributed by atoms with Crippen molar-refractivity contribution >= 4 is 27.5 Å². The lowest BCUT2D eigenvalue weighted by Crippen LogP contribution is -2.15. The second-order valence-corrected chi connectivity index (χ2v) is 5.28. The van der Waals surface area contributed by atoms with Crippen LogP contribution in [0.3, 0.4) is 0 Å². The van der Waals surface area contributed by atoms with Crippen LogP contribution in [0.4, 0.5) is 0 Å². The molecule has 0 unspecified atom stereocenters. The molecule has 6 heteroatoms. The number of aryl methyl sites for hydroxylation is 1. The number of benzene rings is 1. The van der Waals surface area contributed by atoms with Crippen LogP contribution in [-0.2, 0) is 11.8 Å². The van der Waals surface area contributed by atoms with Gasteiger partial charge in [0.05, 0.1) is 10.2 Å². The Balaban J connectivity index is 2.21. The molecule has 0 atom stereocenters. The van der Waals surface area contributed by atoms with Gasteiger partial charge >= 0.3 is 0 Å². The molecule has 1 amide bonds. The molecule has 19 heavy (non-hydrogen) atoms. The zero-order valence-electron chi connectivity index (χ0n) is 10.8. The van der Waals surface area contributed by atoms with Gasteiger partial charge in [0.1, 0.15) is 13.2 Å². The number of ether oxygens (including phenoxy) is 2. The summed E-state index contributed by atoms with van der Waals surface area (Å²) in [6.45, 7) is 2.94. The molecule has 2 heterocycles. The van der Waals surface area contributed by atoms with Crippen molar-refractivity contribution in [3.05, 3.63) is 16.9 Å². The normalized spacial score (nSPS) is 14.9. The summed E-state index contributed by atoms with van der Waals surface area (Å²) < 4.78 is 14.1. The molecule has 100 valence electrons. The van der Waals surface area contributed by atoms with Crippen LogP contribution in [0.15, 0.2) is 17.1 Å². The standard InChI is InChI=1S/C13H14N2O3S/c1-3-12(16)14-13-15(2)8-6-9-10(7-11(8)19-13)18-5-4-17-9/h6-7H,3-5H2,1-2H3. The predicted octanol–water partition coefficient (Wildman–Crippen LogP) is 1.85. The zero-order valence-corrected chi connectivity index (χ0v) is 11.6. The molecule has 0 saturated carbocycles. The summed E-state index contributed by atoms with van der Waals surface area (Å²) in [4.78, 5) is 16.2. The average Bonchev–Trinajstić information content (AvgIpc) is 2.72. The number of amides is 1. The molecule has 1 aromatic heterocycles. The third-order valence-corrected chi connectivity index (χ3v) is 4.09. The van der Waals surface area contributed by atoms with Crippen LogP contribution in [-0.4, -0.2) is 23.7 Å². The summed E-state index contributed by atoms with van der Waals surface area (Å²) in [5, 5.41) is 0. The van der Waals surface area contributed by atoms with Crippen LogP contribution in [0, 0.1) is 0 Å². The van der Waals surface area contributed by atoms with Crippen molar-refractivity contribution in [1.82, 2.24) is 4.57 Å². The number of carbonyl (C=O) groups excluding carboxylic acids is 1. The fourth-order valence-electron chi connectivity index (χ4n) is 1.96. The Morgan fingerprint density at radius 2 is 2.05 bits per heavy atom. The molecular weight excluding hydrogens is 264 g/mol. The summed E-state index contributed by atoms with van der Waals surface area (Å²) in [5.74, 6) is 1.40. The second-order valence-electron chi connectivity index (χ2n) is 4.27. The maximum atomic E-state index is 11.4. The van der Waals surface area contributed by atoms with Gasteiger partial charge in [0.2, 0.25) is 5.91 Å². The Morgan fingerprint density at radius 3 is 2.74 bits per heavy atom. The molecular formula is C13H14N2O3S. The maximum Gasteiger partial charge on any atom is 0.248 e. The molecule has 0 N–H and O–H groups in total. The highest BCUT2D eigenvalue weighted by Crippen LogP contribution is 2.35. The minimum absolute atomic E-state index is 0.112. The minimum atomic E-state index is -0.112. The molecule has 0 radical (unpaired) electrons. The molecule has 0 spiro atoms. The molecule has 2 aromatic rings. The topological polar surface area (TPSA) is 52.8 Å². The van der Waals surface area contributed by atoms with Crippen LogP contribution >= 0.6 is 11.3 Å². The molecule has 1 aliphatic heterocycles. The van der Waals surface area contributed by atoms with Gasteiger partial charge in [0.15, 0.2) is 16.3 Å². The largest absolute Gasteiger partial charge is 0.486 e. The van der Waals surface area contributed by atoms with E-state index in [1.807, 2.05) is 23.7 Å². The van der Waals surface area contributed by atoms with E-state index in [1.165, 1.54) is 11.3 Å². The predicted molar refractivity (Wildman–Crippen MR) is 72.6 cm³/mol. The summed E-state index contributed by atoms with van der Waals surface area (Å²) in [5.41, 5.74) is 0.997. The van der Waals surface area contributed by atoms with Crippen molar-refractivity contribution in [1.29, 1.82) is 0 Å². The van der Waals surface area contributed by atoms with Gasteiger partial charge < -0.3 is 14.0 Å². The molecule has 0 aliphatic carbocycles. The quantitative estimate of drug-likeness (QED) is 0.800. The first-order valence-electron chi connectivity index (χ1n) is 6.15. The summed E-state index contributed by atoms with van der Waals surface area (Å²) in [6, 6.07) is 3.89. The van der Waals surface area contributed by atoms with Crippen LogP contribution < -0.4 is 14.3 Å². The fourth-order valence-corrected chi connectivity index (χ4v) is 3.00. The molecule has 3 rings (SSSR count). The van der Waals surface area contributed by atoms with E-state index < -0.39 is 0 Å². The Morgan fingerprint density at radius 1 is 1.37 bits per heavy atom. The average molecular weight is 278 g/mol. The van der Waals surface area contributed by atoms with Gasteiger partial charge in [-0.15, -0.1) is 0 Å². The van der Waals surface area contributed by atoms with E-state index in [9.17, 15) is 4.79 Å². The smallest absolute Gasteiger partial charge is 0.248 e. The third kappa shape index (κ3) is 2.12. The van der Waals surface area contributed by atoms with E-state index in [-0.39, 0.29) is 5.91 Å². The van der Waals surface area contributed by atoms with E-state index in [0.717, 1.165) is 21.7 Å². The van der Waals surface area contributed by atoms with Gasteiger partial charge in [0.25, 0.3) is 0 Å². The molecule has 1 aliphatic rings. The third-order valence-electron chi connectivity index (χ3n) is 3.00. The number of hydrogen-bond acceptors (Lipinski definition) is 4. The van der Waals surface area contributed by atoms with Crippen molar-refractivity contribution in [2.75, 3.05) is 13.2 Å². The Kier molecular flexibility index (Phi) is 3.02. The van der Waals surface area contributed by atoms with Crippen molar-refractivity contribution in [2.45, 2.75) is 13.3 Å². The Labute approximate surface area is 114 Å². The van der Waals surface area contributed by atoms with Crippen molar-refractivity contribution in [3.8, 4) is 11.5 Å². The van der Waals surface area contributed by atoms with E-state index in [0.29, 0.717) is 24.4 Å². The summed E-state index contributed by atoms with van der Waals surface area (Å²) >= 11 is 1.48. The zero-order chi connectivity index (χ0) is 13.4. The number of rotatable bonds is 1. The molecule has 0 fully saturated rings. The summed E-state index contributed by atoms with van der Waals surface area (Å²) in [7, 11) is 1.90. The van der Waals surface area contributed by atoms with Gasteiger partial charge in [0, 0.05) is 25.6 Å². The van der Waals surface area contributed by atoms with E-state index in [2.05, 4.69) is 4.99 Å². The van der Waals surface area contributed by atoms with Gasteiger partial charge in [-0.1, -0.05) is 18.3 Å². The Bertz CT molecular complexity index is 714. The van der Waals surface area contributed by atoms with Gasteiger partial charge in [-0.3, -0.25) is 4.79 Å². The number of hydrogen-bond donors (Lipinski definition) is 0. The van der Waals surface area contributed by atoms with Crippen LogP contribution in [0.5, 0.6) is 11.5 Å².